The topological polar surface area (TPSA) is 77.3 Å². The van der Waals surface area contributed by atoms with E-state index in [0.717, 1.165) is 54.3 Å². The lowest BCUT2D eigenvalue weighted by Crippen LogP contribution is -2.36. The zero-order chi connectivity index (χ0) is 24.2. The molecule has 7 nitrogen and oxygen atoms in total. The molecule has 0 amide bonds. The first kappa shape index (κ1) is 23.7. The van der Waals surface area contributed by atoms with Crippen molar-refractivity contribution in [3.63, 3.8) is 0 Å². The fourth-order valence-electron chi connectivity index (χ4n) is 4.51. The molecule has 0 aliphatic carbocycles. The van der Waals surface area contributed by atoms with Gasteiger partial charge in [-0.1, -0.05) is 23.8 Å². The Labute approximate surface area is 200 Å². The molecule has 3 heterocycles. The van der Waals surface area contributed by atoms with Crippen molar-refractivity contribution in [1.82, 2.24) is 14.8 Å². The Morgan fingerprint density at radius 3 is 2.41 bits per heavy atom. The molecule has 34 heavy (non-hydrogen) atoms. The fraction of sp³-hybridized carbons (Fsp3) is 0.407. The van der Waals surface area contributed by atoms with E-state index < -0.39 is 0 Å². The molecule has 2 aromatic heterocycles. The number of Topliss-reactive ketones (excluding diaryl/α,β-unsaturated/α-hetero) is 1. The number of aromatic nitrogens is 3. The molecule has 1 saturated heterocycles. The maximum atomic E-state index is 13.0. The summed E-state index contributed by atoms with van der Waals surface area (Å²) in [4.78, 5) is 31.1. The summed E-state index contributed by atoms with van der Waals surface area (Å²) in [5.74, 6) is 1.19. The Morgan fingerprint density at radius 1 is 1.06 bits per heavy atom. The van der Waals surface area contributed by atoms with Crippen LogP contribution in [0.15, 0.2) is 42.7 Å². The third kappa shape index (κ3) is 5.35. The number of carbonyl (C=O) groups excluding carboxylic acids is 2. The molecule has 0 bridgehead atoms. The second kappa shape index (κ2) is 10.2. The molecule has 7 heteroatoms. The second-order valence-corrected chi connectivity index (χ2v) is 9.21. The van der Waals surface area contributed by atoms with Crippen molar-refractivity contribution >= 4 is 17.6 Å². The van der Waals surface area contributed by atoms with Crippen molar-refractivity contribution in [3.05, 3.63) is 70.7 Å². The van der Waals surface area contributed by atoms with Crippen LogP contribution in [0.2, 0.25) is 0 Å². The minimum atomic E-state index is -0.220. The predicted molar refractivity (Wildman–Crippen MR) is 132 cm³/mol. The number of rotatable bonds is 7. The number of ketones is 1. The van der Waals surface area contributed by atoms with Crippen LogP contribution in [0.3, 0.4) is 0 Å². The van der Waals surface area contributed by atoms with Crippen LogP contribution in [0.5, 0.6) is 0 Å². The average molecular weight is 461 g/mol. The SMILES string of the molecule is CC(=O)OCC1CCN(c2ncc(CC(=O)c3cnn(-c4ccc(C)cc4)c3C)cc2C)CC1. The Hall–Kier alpha value is -3.48. The summed E-state index contributed by atoms with van der Waals surface area (Å²) >= 11 is 0. The molecule has 1 aliphatic heterocycles. The average Bonchev–Trinajstić information content (AvgIpc) is 3.20. The van der Waals surface area contributed by atoms with Crippen LogP contribution >= 0.6 is 0 Å². The van der Waals surface area contributed by atoms with Crippen LogP contribution in [0, 0.1) is 26.7 Å². The maximum Gasteiger partial charge on any atom is 0.302 e. The molecular weight excluding hydrogens is 428 g/mol. The van der Waals surface area contributed by atoms with Gasteiger partial charge >= 0.3 is 5.97 Å². The van der Waals surface area contributed by atoms with E-state index in [-0.39, 0.29) is 11.8 Å². The van der Waals surface area contributed by atoms with Gasteiger partial charge in [-0.3, -0.25) is 9.59 Å². The quantitative estimate of drug-likeness (QED) is 0.384. The molecule has 0 saturated carbocycles. The summed E-state index contributed by atoms with van der Waals surface area (Å²) in [5.41, 5.74) is 5.57. The van der Waals surface area contributed by atoms with E-state index in [9.17, 15) is 9.59 Å². The van der Waals surface area contributed by atoms with Crippen LogP contribution in [-0.4, -0.2) is 46.2 Å². The van der Waals surface area contributed by atoms with Crippen molar-refractivity contribution < 1.29 is 14.3 Å². The number of anilines is 1. The summed E-state index contributed by atoms with van der Waals surface area (Å²) in [6.45, 7) is 9.73. The second-order valence-electron chi connectivity index (χ2n) is 9.21. The summed E-state index contributed by atoms with van der Waals surface area (Å²) in [7, 11) is 0. The van der Waals surface area contributed by atoms with Gasteiger partial charge in [0.25, 0.3) is 0 Å². The van der Waals surface area contributed by atoms with Gasteiger partial charge in [-0.2, -0.15) is 5.10 Å². The lowest BCUT2D eigenvalue weighted by molar-refractivity contribution is -0.142. The van der Waals surface area contributed by atoms with Gasteiger partial charge in [0.05, 0.1) is 29.7 Å². The zero-order valence-electron chi connectivity index (χ0n) is 20.4. The van der Waals surface area contributed by atoms with Gasteiger partial charge in [0.2, 0.25) is 0 Å². The fourth-order valence-corrected chi connectivity index (χ4v) is 4.51. The van der Waals surface area contributed by atoms with Crippen molar-refractivity contribution in [3.8, 4) is 5.69 Å². The normalized spacial score (nSPS) is 14.3. The van der Waals surface area contributed by atoms with Crippen molar-refractivity contribution in [2.24, 2.45) is 5.92 Å². The van der Waals surface area contributed by atoms with Gasteiger partial charge in [-0.15, -0.1) is 0 Å². The van der Waals surface area contributed by atoms with E-state index in [1.165, 1.54) is 12.5 Å². The zero-order valence-corrected chi connectivity index (χ0v) is 20.4. The van der Waals surface area contributed by atoms with Crippen LogP contribution < -0.4 is 4.90 Å². The van der Waals surface area contributed by atoms with E-state index in [2.05, 4.69) is 16.1 Å². The van der Waals surface area contributed by atoms with Crippen molar-refractivity contribution in [2.45, 2.75) is 47.0 Å². The summed E-state index contributed by atoms with van der Waals surface area (Å²) < 4.78 is 6.97. The highest BCUT2D eigenvalue weighted by Gasteiger charge is 2.23. The highest BCUT2D eigenvalue weighted by atomic mass is 16.5. The minimum absolute atomic E-state index is 0.0381. The molecule has 0 spiro atoms. The van der Waals surface area contributed by atoms with Crippen molar-refractivity contribution in [2.75, 3.05) is 24.6 Å². The van der Waals surface area contributed by atoms with Crippen LogP contribution in [0.25, 0.3) is 5.69 Å². The Bertz CT molecular complexity index is 1180. The largest absolute Gasteiger partial charge is 0.466 e. The van der Waals surface area contributed by atoms with Gasteiger partial charge in [0.1, 0.15) is 5.82 Å². The van der Waals surface area contributed by atoms with E-state index in [1.807, 2.05) is 55.9 Å². The number of benzene rings is 1. The number of nitrogens with zero attached hydrogens (tertiary/aromatic N) is 4. The third-order valence-electron chi connectivity index (χ3n) is 6.50. The van der Waals surface area contributed by atoms with Crippen molar-refractivity contribution in [1.29, 1.82) is 0 Å². The number of piperidine rings is 1. The number of aryl methyl sites for hydroxylation is 2. The highest BCUT2D eigenvalue weighted by molar-refractivity contribution is 5.98. The number of hydrogen-bond acceptors (Lipinski definition) is 6. The molecule has 0 radical (unpaired) electrons. The molecule has 0 unspecified atom stereocenters. The van der Waals surface area contributed by atoms with Gasteiger partial charge in [0.15, 0.2) is 5.78 Å². The van der Waals surface area contributed by atoms with Crippen LogP contribution in [-0.2, 0) is 16.0 Å². The predicted octanol–water partition coefficient (Wildman–Crippen LogP) is 4.40. The van der Waals surface area contributed by atoms with E-state index in [4.69, 9.17) is 9.72 Å². The summed E-state index contributed by atoms with van der Waals surface area (Å²) in [5, 5.41) is 4.45. The summed E-state index contributed by atoms with van der Waals surface area (Å²) in [6.07, 6.45) is 5.70. The van der Waals surface area contributed by atoms with Crippen LogP contribution in [0.4, 0.5) is 5.82 Å². The summed E-state index contributed by atoms with van der Waals surface area (Å²) in [6, 6.07) is 10.2. The molecule has 178 valence electrons. The maximum absolute atomic E-state index is 13.0. The molecule has 0 atom stereocenters. The lowest BCUT2D eigenvalue weighted by Gasteiger charge is -2.33. The molecular formula is C27H32N4O3. The van der Waals surface area contributed by atoms with Gasteiger partial charge < -0.3 is 9.64 Å². The number of hydrogen-bond donors (Lipinski definition) is 0. The van der Waals surface area contributed by atoms with Gasteiger partial charge in [0, 0.05) is 32.6 Å². The molecule has 1 fully saturated rings. The first-order valence-corrected chi connectivity index (χ1v) is 11.8. The standard InChI is InChI=1S/C27H32N4O3/c1-18-5-7-24(8-6-18)31-20(3)25(16-29-31)26(33)14-23-13-19(2)27(28-15-23)30-11-9-22(10-12-30)17-34-21(4)32/h5-8,13,15-16,22H,9-12,14,17H2,1-4H3. The smallest absolute Gasteiger partial charge is 0.302 e. The monoisotopic (exact) mass is 460 g/mol. The Morgan fingerprint density at radius 2 is 1.76 bits per heavy atom. The molecule has 3 aromatic rings. The minimum Gasteiger partial charge on any atom is -0.466 e. The van der Waals surface area contributed by atoms with Gasteiger partial charge in [-0.05, 0) is 62.8 Å². The van der Waals surface area contributed by atoms with Gasteiger partial charge in [-0.25, -0.2) is 9.67 Å². The highest BCUT2D eigenvalue weighted by Crippen LogP contribution is 2.26. The Kier molecular flexibility index (Phi) is 7.10. The molecule has 0 N–H and O–H groups in total. The van der Waals surface area contributed by atoms with E-state index in [0.29, 0.717) is 24.5 Å². The third-order valence-corrected chi connectivity index (χ3v) is 6.50. The van der Waals surface area contributed by atoms with Crippen LogP contribution in [0.1, 0.15) is 52.5 Å². The first-order valence-electron chi connectivity index (χ1n) is 11.8. The van der Waals surface area contributed by atoms with E-state index >= 15 is 0 Å². The first-order chi connectivity index (χ1) is 16.3. The number of carbonyl (C=O) groups is 2. The number of esters is 1. The Balaban J connectivity index is 1.40. The lowest BCUT2D eigenvalue weighted by atomic mass is 9.97. The molecule has 4 rings (SSSR count). The molecule has 1 aliphatic rings. The number of ether oxygens (including phenoxy) is 1. The number of pyridine rings is 1. The molecule has 1 aromatic carbocycles. The van der Waals surface area contributed by atoms with E-state index in [1.54, 1.807) is 6.20 Å².